The van der Waals surface area contributed by atoms with Crippen LogP contribution in [0.15, 0.2) is 6.07 Å². The van der Waals surface area contributed by atoms with Crippen molar-refractivity contribution in [2.45, 2.75) is 70.8 Å². The summed E-state index contributed by atoms with van der Waals surface area (Å²) in [6.07, 6.45) is 8.24. The van der Waals surface area contributed by atoms with Crippen LogP contribution in [-0.4, -0.2) is 23.2 Å². The maximum Gasteiger partial charge on any atom is 0.261 e. The Morgan fingerprint density at radius 3 is 2.62 bits per heavy atom. The summed E-state index contributed by atoms with van der Waals surface area (Å²) in [5.41, 5.74) is 0.575. The fourth-order valence-electron chi connectivity index (χ4n) is 3.04. The van der Waals surface area contributed by atoms with Gasteiger partial charge < -0.3 is 10.4 Å². The monoisotopic (exact) mass is 309 g/mol. The molecule has 21 heavy (non-hydrogen) atoms. The minimum absolute atomic E-state index is 0.0388. The lowest BCUT2D eigenvalue weighted by molar-refractivity contribution is 0.0247. The van der Waals surface area contributed by atoms with Gasteiger partial charge in [0.05, 0.1) is 10.5 Å². The van der Waals surface area contributed by atoms with E-state index in [1.807, 2.05) is 6.07 Å². The molecule has 0 radical (unpaired) electrons. The predicted molar refractivity (Wildman–Crippen MR) is 88.0 cm³/mol. The molecule has 1 fully saturated rings. The van der Waals surface area contributed by atoms with Crippen molar-refractivity contribution in [3.8, 4) is 0 Å². The van der Waals surface area contributed by atoms with Crippen LogP contribution in [-0.2, 0) is 6.42 Å². The number of thiophene rings is 1. The summed E-state index contributed by atoms with van der Waals surface area (Å²) in [4.78, 5) is 14.3. The first kappa shape index (κ1) is 16.5. The van der Waals surface area contributed by atoms with Crippen molar-refractivity contribution in [2.24, 2.45) is 0 Å². The van der Waals surface area contributed by atoms with Crippen LogP contribution in [0.5, 0.6) is 0 Å². The summed E-state index contributed by atoms with van der Waals surface area (Å²) in [5, 5.41) is 13.5. The molecule has 0 aromatic carbocycles. The quantitative estimate of drug-likeness (QED) is 0.812. The minimum atomic E-state index is -0.704. The van der Waals surface area contributed by atoms with E-state index >= 15 is 0 Å². The highest BCUT2D eigenvalue weighted by atomic mass is 32.1. The van der Waals surface area contributed by atoms with Crippen LogP contribution >= 0.6 is 11.3 Å². The van der Waals surface area contributed by atoms with Crippen LogP contribution < -0.4 is 5.32 Å². The summed E-state index contributed by atoms with van der Waals surface area (Å²) in [6, 6.07) is 2.01. The van der Waals surface area contributed by atoms with Crippen molar-refractivity contribution in [3.63, 3.8) is 0 Å². The van der Waals surface area contributed by atoms with Crippen molar-refractivity contribution in [1.82, 2.24) is 5.32 Å². The van der Waals surface area contributed by atoms with Crippen molar-refractivity contribution in [3.05, 3.63) is 21.4 Å². The zero-order valence-corrected chi connectivity index (χ0v) is 14.0. The highest BCUT2D eigenvalue weighted by molar-refractivity contribution is 7.14. The lowest BCUT2D eigenvalue weighted by Gasteiger charge is -2.26. The molecule has 3 nitrogen and oxygen atoms in total. The highest BCUT2D eigenvalue weighted by Gasteiger charge is 2.28. The molecule has 1 heterocycles. The molecule has 4 heteroatoms. The van der Waals surface area contributed by atoms with Crippen LogP contribution in [0.2, 0.25) is 0 Å². The second-order valence-corrected chi connectivity index (χ2v) is 7.52. The summed E-state index contributed by atoms with van der Waals surface area (Å²) < 4.78 is 0. The van der Waals surface area contributed by atoms with E-state index < -0.39 is 5.60 Å². The summed E-state index contributed by atoms with van der Waals surface area (Å²) in [5.74, 6) is -0.0388. The summed E-state index contributed by atoms with van der Waals surface area (Å²) in [6.45, 7) is 4.61. The van der Waals surface area contributed by atoms with Crippen molar-refractivity contribution >= 4 is 17.2 Å². The SMILES string of the molecule is CCCc1cc(C(=O)NCC2(O)CCCCCC2)sc1C. The van der Waals surface area contributed by atoms with Gasteiger partial charge in [0, 0.05) is 11.4 Å². The lowest BCUT2D eigenvalue weighted by atomic mass is 9.94. The molecule has 0 aliphatic heterocycles. The summed E-state index contributed by atoms with van der Waals surface area (Å²) >= 11 is 1.56. The number of rotatable bonds is 5. The second kappa shape index (κ2) is 7.41. The molecule has 0 unspecified atom stereocenters. The van der Waals surface area contributed by atoms with Gasteiger partial charge in [-0.2, -0.15) is 0 Å². The van der Waals surface area contributed by atoms with Crippen LogP contribution in [0, 0.1) is 6.92 Å². The van der Waals surface area contributed by atoms with Gasteiger partial charge in [-0.05, 0) is 37.8 Å². The zero-order chi connectivity index (χ0) is 15.3. The topological polar surface area (TPSA) is 49.3 Å². The second-order valence-electron chi connectivity index (χ2n) is 6.26. The van der Waals surface area contributed by atoms with E-state index in [-0.39, 0.29) is 5.91 Å². The highest BCUT2D eigenvalue weighted by Crippen LogP contribution is 2.27. The van der Waals surface area contributed by atoms with Gasteiger partial charge in [0.1, 0.15) is 0 Å². The first-order chi connectivity index (χ1) is 10.0. The van der Waals surface area contributed by atoms with Crippen LogP contribution in [0.25, 0.3) is 0 Å². The van der Waals surface area contributed by atoms with Crippen molar-refractivity contribution in [1.29, 1.82) is 0 Å². The Balaban J connectivity index is 1.93. The van der Waals surface area contributed by atoms with Gasteiger partial charge in [0.25, 0.3) is 5.91 Å². The Morgan fingerprint density at radius 2 is 2.00 bits per heavy atom. The maximum absolute atomic E-state index is 12.3. The van der Waals surface area contributed by atoms with Gasteiger partial charge in [0.15, 0.2) is 0 Å². The number of carbonyl (C=O) groups excluding carboxylic acids is 1. The van der Waals surface area contributed by atoms with E-state index in [0.29, 0.717) is 6.54 Å². The number of hydrogen-bond donors (Lipinski definition) is 2. The zero-order valence-electron chi connectivity index (χ0n) is 13.2. The first-order valence-corrected chi connectivity index (χ1v) is 8.95. The fourth-order valence-corrected chi connectivity index (χ4v) is 4.03. The van der Waals surface area contributed by atoms with Gasteiger partial charge in [-0.25, -0.2) is 0 Å². The smallest absolute Gasteiger partial charge is 0.261 e. The van der Waals surface area contributed by atoms with E-state index in [0.717, 1.165) is 43.4 Å². The molecule has 118 valence electrons. The molecule has 0 spiro atoms. The fraction of sp³-hybridized carbons (Fsp3) is 0.706. The molecule has 0 saturated heterocycles. The molecule has 1 aliphatic carbocycles. The van der Waals surface area contributed by atoms with Crippen LogP contribution in [0.4, 0.5) is 0 Å². The number of nitrogens with one attached hydrogen (secondary N) is 1. The van der Waals surface area contributed by atoms with Gasteiger partial charge in [-0.1, -0.05) is 39.0 Å². The minimum Gasteiger partial charge on any atom is -0.388 e. The first-order valence-electron chi connectivity index (χ1n) is 8.14. The third kappa shape index (κ3) is 4.55. The molecule has 0 bridgehead atoms. The van der Waals surface area contributed by atoms with E-state index in [1.165, 1.54) is 23.3 Å². The molecule has 1 aromatic heterocycles. The third-order valence-electron chi connectivity index (χ3n) is 4.38. The lowest BCUT2D eigenvalue weighted by Crippen LogP contribution is -2.42. The summed E-state index contributed by atoms with van der Waals surface area (Å²) in [7, 11) is 0. The molecule has 1 saturated carbocycles. The molecule has 2 N–H and O–H groups in total. The molecular formula is C17H27NO2S. The number of aryl methyl sites for hydroxylation is 2. The Hall–Kier alpha value is -0.870. The van der Waals surface area contributed by atoms with Crippen molar-refractivity contribution < 1.29 is 9.90 Å². The average Bonchev–Trinajstić information content (AvgIpc) is 2.69. The van der Waals surface area contributed by atoms with Gasteiger partial charge in [-0.15, -0.1) is 11.3 Å². The number of carbonyl (C=O) groups is 1. The van der Waals surface area contributed by atoms with Crippen molar-refractivity contribution in [2.75, 3.05) is 6.54 Å². The average molecular weight is 309 g/mol. The van der Waals surface area contributed by atoms with Gasteiger partial charge in [-0.3, -0.25) is 4.79 Å². The molecular weight excluding hydrogens is 282 g/mol. The van der Waals surface area contributed by atoms with E-state index in [4.69, 9.17) is 0 Å². The molecule has 1 aliphatic rings. The largest absolute Gasteiger partial charge is 0.388 e. The van der Waals surface area contributed by atoms with E-state index in [2.05, 4.69) is 19.2 Å². The Labute approximate surface area is 131 Å². The number of amides is 1. The molecule has 2 rings (SSSR count). The molecule has 0 atom stereocenters. The normalized spacial score (nSPS) is 18.2. The standard InChI is InChI=1S/C17H27NO2S/c1-3-8-14-11-15(21-13(14)2)16(19)18-12-17(20)9-6-4-5-7-10-17/h11,20H,3-10,12H2,1-2H3,(H,18,19). The van der Waals surface area contributed by atoms with Crippen LogP contribution in [0.1, 0.15) is 72.0 Å². The number of hydrogen-bond acceptors (Lipinski definition) is 3. The Kier molecular flexibility index (Phi) is 5.82. The van der Waals surface area contributed by atoms with Gasteiger partial charge in [0.2, 0.25) is 0 Å². The Morgan fingerprint density at radius 1 is 1.33 bits per heavy atom. The molecule has 1 aromatic rings. The Bertz CT molecular complexity index is 473. The van der Waals surface area contributed by atoms with Gasteiger partial charge >= 0.3 is 0 Å². The predicted octanol–water partition coefficient (Wildman–Crippen LogP) is 3.82. The maximum atomic E-state index is 12.3. The number of aliphatic hydroxyl groups is 1. The third-order valence-corrected chi connectivity index (χ3v) is 5.47. The van der Waals surface area contributed by atoms with E-state index in [9.17, 15) is 9.90 Å². The molecule has 1 amide bonds. The van der Waals surface area contributed by atoms with E-state index in [1.54, 1.807) is 11.3 Å². The van der Waals surface area contributed by atoms with Crippen LogP contribution in [0.3, 0.4) is 0 Å².